The van der Waals surface area contributed by atoms with Crippen molar-refractivity contribution >= 4 is 43.3 Å². The Labute approximate surface area is 166 Å². The highest BCUT2D eigenvalue weighted by molar-refractivity contribution is 9.10. The lowest BCUT2D eigenvalue weighted by Crippen LogP contribution is -2.28. The van der Waals surface area contributed by atoms with Gasteiger partial charge in [0.25, 0.3) is 5.91 Å². The van der Waals surface area contributed by atoms with E-state index in [1.165, 1.54) is 23.4 Å². The van der Waals surface area contributed by atoms with Gasteiger partial charge in [-0.15, -0.1) is 0 Å². The van der Waals surface area contributed by atoms with Crippen molar-refractivity contribution in [2.24, 2.45) is 0 Å². The Morgan fingerprint density at radius 2 is 1.67 bits per heavy atom. The molecule has 3 rings (SSSR count). The maximum atomic E-state index is 12.7. The lowest BCUT2D eigenvalue weighted by atomic mass is 10.1. The highest BCUT2D eigenvalue weighted by Gasteiger charge is 2.28. The standard InChI is InChI=1S/C19H19BrN2O4S/c1-13(23)14-4-6-15(7-5-14)21-19(24)17-12-16(8-9-18(17)20)27(25,26)22-10-2-3-11-22/h4-9,12H,2-3,10-11H2,1H3,(H,21,24). The maximum absolute atomic E-state index is 12.7. The van der Waals surface area contributed by atoms with Gasteiger partial charge in [-0.25, -0.2) is 8.42 Å². The van der Waals surface area contributed by atoms with E-state index in [2.05, 4.69) is 21.2 Å². The SMILES string of the molecule is CC(=O)c1ccc(NC(=O)c2cc(S(=O)(=O)N3CCCC3)ccc2Br)cc1. The van der Waals surface area contributed by atoms with Crippen molar-refractivity contribution in [2.45, 2.75) is 24.7 Å². The molecule has 27 heavy (non-hydrogen) atoms. The first-order valence-corrected chi connectivity index (χ1v) is 10.7. The van der Waals surface area contributed by atoms with Crippen molar-refractivity contribution in [1.29, 1.82) is 0 Å². The molecule has 0 saturated carbocycles. The first kappa shape index (κ1) is 19.7. The zero-order valence-electron chi connectivity index (χ0n) is 14.7. The molecule has 0 atom stereocenters. The Morgan fingerprint density at radius 1 is 1.04 bits per heavy atom. The van der Waals surface area contributed by atoms with Crippen LogP contribution in [0.2, 0.25) is 0 Å². The Morgan fingerprint density at radius 3 is 2.26 bits per heavy atom. The molecule has 6 nitrogen and oxygen atoms in total. The van der Waals surface area contributed by atoms with E-state index in [0.717, 1.165) is 12.8 Å². The fourth-order valence-electron chi connectivity index (χ4n) is 2.90. The molecule has 1 saturated heterocycles. The number of benzene rings is 2. The fraction of sp³-hybridized carbons (Fsp3) is 0.263. The number of hydrogen-bond acceptors (Lipinski definition) is 4. The summed E-state index contributed by atoms with van der Waals surface area (Å²) in [6.07, 6.45) is 1.69. The molecule has 1 heterocycles. The van der Waals surface area contributed by atoms with Crippen LogP contribution in [-0.4, -0.2) is 37.5 Å². The average Bonchev–Trinajstić information content (AvgIpc) is 3.18. The van der Waals surface area contributed by atoms with E-state index in [-0.39, 0.29) is 16.2 Å². The maximum Gasteiger partial charge on any atom is 0.256 e. The first-order chi connectivity index (χ1) is 12.8. The largest absolute Gasteiger partial charge is 0.322 e. The second kappa shape index (κ2) is 7.92. The second-order valence-electron chi connectivity index (χ2n) is 6.34. The minimum Gasteiger partial charge on any atom is -0.322 e. The predicted octanol–water partition coefficient (Wildman–Crippen LogP) is 3.69. The number of rotatable bonds is 5. The minimum atomic E-state index is -3.60. The summed E-state index contributed by atoms with van der Waals surface area (Å²) >= 11 is 3.31. The van der Waals surface area contributed by atoms with Gasteiger partial charge in [0.15, 0.2) is 5.78 Å². The van der Waals surface area contributed by atoms with E-state index in [9.17, 15) is 18.0 Å². The number of Topliss-reactive ketones (excluding diaryl/α,β-unsaturated/α-hetero) is 1. The van der Waals surface area contributed by atoms with Gasteiger partial charge in [0.05, 0.1) is 10.5 Å². The summed E-state index contributed by atoms with van der Waals surface area (Å²) in [5.74, 6) is -0.494. The summed E-state index contributed by atoms with van der Waals surface area (Å²) in [5, 5.41) is 2.72. The highest BCUT2D eigenvalue weighted by Crippen LogP contribution is 2.26. The van der Waals surface area contributed by atoms with Crippen molar-refractivity contribution < 1.29 is 18.0 Å². The quantitative estimate of drug-likeness (QED) is 0.703. The molecule has 2 aromatic rings. The normalized spacial score (nSPS) is 14.9. The van der Waals surface area contributed by atoms with Gasteiger partial charge in [-0.3, -0.25) is 9.59 Å². The number of hydrogen-bond donors (Lipinski definition) is 1. The van der Waals surface area contributed by atoms with Gasteiger partial charge >= 0.3 is 0 Å². The van der Waals surface area contributed by atoms with Crippen molar-refractivity contribution in [3.63, 3.8) is 0 Å². The molecule has 1 fully saturated rings. The van der Waals surface area contributed by atoms with Crippen LogP contribution in [0.5, 0.6) is 0 Å². The van der Waals surface area contributed by atoms with Crippen LogP contribution in [-0.2, 0) is 10.0 Å². The summed E-state index contributed by atoms with van der Waals surface area (Å²) < 4.78 is 27.4. The zero-order valence-corrected chi connectivity index (χ0v) is 17.1. The molecular weight excluding hydrogens is 432 g/mol. The van der Waals surface area contributed by atoms with Crippen molar-refractivity contribution in [3.05, 3.63) is 58.1 Å². The van der Waals surface area contributed by atoms with Crippen LogP contribution in [0.3, 0.4) is 0 Å². The average molecular weight is 451 g/mol. The van der Waals surface area contributed by atoms with Gasteiger partial charge in [0, 0.05) is 28.8 Å². The van der Waals surface area contributed by atoms with Crippen LogP contribution in [0.15, 0.2) is 51.8 Å². The molecule has 1 N–H and O–H groups in total. The molecular formula is C19H19BrN2O4S. The van der Waals surface area contributed by atoms with Crippen LogP contribution < -0.4 is 5.32 Å². The van der Waals surface area contributed by atoms with Gasteiger partial charge in [-0.1, -0.05) is 0 Å². The van der Waals surface area contributed by atoms with E-state index in [1.807, 2.05) is 0 Å². The van der Waals surface area contributed by atoms with E-state index >= 15 is 0 Å². The molecule has 1 aliphatic heterocycles. The summed E-state index contributed by atoms with van der Waals surface area (Å²) in [6.45, 7) is 2.47. The predicted molar refractivity (Wildman–Crippen MR) is 107 cm³/mol. The Kier molecular flexibility index (Phi) is 5.78. The molecule has 1 amide bonds. The Balaban J connectivity index is 1.85. The molecule has 0 bridgehead atoms. The molecule has 0 aliphatic carbocycles. The molecule has 142 valence electrons. The third-order valence-electron chi connectivity index (χ3n) is 4.43. The van der Waals surface area contributed by atoms with Crippen molar-refractivity contribution in [1.82, 2.24) is 4.31 Å². The summed E-state index contributed by atoms with van der Waals surface area (Å²) in [6, 6.07) is 11.0. The minimum absolute atomic E-state index is 0.0598. The number of nitrogens with zero attached hydrogens (tertiary/aromatic N) is 1. The monoisotopic (exact) mass is 450 g/mol. The second-order valence-corrected chi connectivity index (χ2v) is 9.13. The number of halogens is 1. The van der Waals surface area contributed by atoms with E-state index in [4.69, 9.17) is 0 Å². The van der Waals surface area contributed by atoms with E-state index < -0.39 is 15.9 Å². The zero-order chi connectivity index (χ0) is 19.6. The van der Waals surface area contributed by atoms with E-state index in [1.54, 1.807) is 30.3 Å². The lowest BCUT2D eigenvalue weighted by molar-refractivity contribution is 0.101. The van der Waals surface area contributed by atoms with Crippen molar-refractivity contribution in [3.8, 4) is 0 Å². The van der Waals surface area contributed by atoms with Crippen LogP contribution >= 0.6 is 15.9 Å². The molecule has 0 spiro atoms. The Bertz CT molecular complexity index is 981. The van der Waals surface area contributed by atoms with Crippen LogP contribution in [0.25, 0.3) is 0 Å². The molecule has 2 aromatic carbocycles. The number of sulfonamides is 1. The Hall–Kier alpha value is -2.03. The molecule has 8 heteroatoms. The van der Waals surface area contributed by atoms with Gasteiger partial charge in [0.1, 0.15) is 0 Å². The molecule has 0 unspecified atom stereocenters. The molecule has 0 radical (unpaired) electrons. The van der Waals surface area contributed by atoms with Crippen LogP contribution in [0.4, 0.5) is 5.69 Å². The van der Waals surface area contributed by atoms with Crippen LogP contribution in [0.1, 0.15) is 40.5 Å². The number of anilines is 1. The third kappa shape index (κ3) is 4.28. The van der Waals surface area contributed by atoms with E-state index in [0.29, 0.717) is 28.8 Å². The van der Waals surface area contributed by atoms with Gasteiger partial charge in [0.2, 0.25) is 10.0 Å². The fourth-order valence-corrected chi connectivity index (χ4v) is 4.87. The molecule has 0 aromatic heterocycles. The number of ketones is 1. The van der Waals surface area contributed by atoms with Gasteiger partial charge < -0.3 is 5.32 Å². The lowest BCUT2D eigenvalue weighted by Gasteiger charge is -2.16. The van der Waals surface area contributed by atoms with Gasteiger partial charge in [-0.05, 0) is 78.2 Å². The third-order valence-corrected chi connectivity index (χ3v) is 7.02. The molecule has 1 aliphatic rings. The summed E-state index contributed by atoms with van der Waals surface area (Å²) in [5.41, 5.74) is 1.29. The van der Waals surface area contributed by atoms with Crippen LogP contribution in [0, 0.1) is 0 Å². The highest BCUT2D eigenvalue weighted by atomic mass is 79.9. The summed E-state index contributed by atoms with van der Waals surface area (Å²) in [4.78, 5) is 24.1. The van der Waals surface area contributed by atoms with Gasteiger partial charge in [-0.2, -0.15) is 4.31 Å². The number of nitrogens with one attached hydrogen (secondary N) is 1. The van der Waals surface area contributed by atoms with Crippen molar-refractivity contribution in [2.75, 3.05) is 18.4 Å². The number of carbonyl (C=O) groups is 2. The number of carbonyl (C=O) groups excluding carboxylic acids is 2. The number of amides is 1. The topological polar surface area (TPSA) is 83.5 Å². The smallest absolute Gasteiger partial charge is 0.256 e. The first-order valence-electron chi connectivity index (χ1n) is 8.51. The summed E-state index contributed by atoms with van der Waals surface area (Å²) in [7, 11) is -3.60.